The van der Waals surface area contributed by atoms with Crippen molar-refractivity contribution in [2.75, 3.05) is 0 Å². The van der Waals surface area contributed by atoms with Gasteiger partial charge in [-0.05, 0) is 71.9 Å². The van der Waals surface area contributed by atoms with Gasteiger partial charge in [0.05, 0.1) is 0 Å². The minimum atomic E-state index is 0.856. The second-order valence-electron chi connectivity index (χ2n) is 5.83. The zero-order valence-corrected chi connectivity index (χ0v) is 14.9. The summed E-state index contributed by atoms with van der Waals surface area (Å²) in [7, 11) is 0. The number of hydrogen-bond donors (Lipinski definition) is 0. The van der Waals surface area contributed by atoms with Gasteiger partial charge in [0, 0.05) is 0 Å². The van der Waals surface area contributed by atoms with E-state index in [-0.39, 0.29) is 0 Å². The Hall–Kier alpha value is -2.34. The van der Waals surface area contributed by atoms with Crippen LogP contribution in [0.15, 0.2) is 75.9 Å². The minimum Gasteiger partial charge on any atom is -0.103 e. The van der Waals surface area contributed by atoms with Crippen LogP contribution >= 0.6 is 0 Å². The summed E-state index contributed by atoms with van der Waals surface area (Å²) in [6.45, 7) is 23.8. The fourth-order valence-electron chi connectivity index (χ4n) is 3.44. The van der Waals surface area contributed by atoms with Gasteiger partial charge in [0.15, 0.2) is 0 Å². The van der Waals surface area contributed by atoms with Crippen LogP contribution in [0.5, 0.6) is 0 Å². The van der Waals surface area contributed by atoms with Crippen LogP contribution < -0.4 is 0 Å². The van der Waals surface area contributed by atoms with Crippen LogP contribution in [0.3, 0.4) is 0 Å². The molecule has 1 rings (SSSR count). The van der Waals surface area contributed by atoms with E-state index in [4.69, 9.17) is 0 Å². The zero-order chi connectivity index (χ0) is 17.9. The lowest BCUT2D eigenvalue weighted by Crippen LogP contribution is -2.12. The molecule has 0 aliphatic carbocycles. The molecule has 0 saturated carbocycles. The normalized spacial score (nSPS) is 10.0. The Morgan fingerprint density at radius 1 is 0.333 bits per heavy atom. The van der Waals surface area contributed by atoms with Crippen molar-refractivity contribution in [2.45, 2.75) is 38.5 Å². The first-order chi connectivity index (χ1) is 11.7. The van der Waals surface area contributed by atoms with Gasteiger partial charge >= 0.3 is 0 Å². The van der Waals surface area contributed by atoms with Crippen molar-refractivity contribution in [1.82, 2.24) is 0 Å². The van der Waals surface area contributed by atoms with Gasteiger partial charge in [-0.3, -0.25) is 0 Å². The fraction of sp³-hybridized carbons (Fsp3) is 0.250. The quantitative estimate of drug-likeness (QED) is 0.411. The molecule has 0 amide bonds. The lowest BCUT2D eigenvalue weighted by molar-refractivity contribution is 0.966. The highest BCUT2D eigenvalue weighted by Crippen LogP contribution is 2.32. The van der Waals surface area contributed by atoms with Gasteiger partial charge in [0.2, 0.25) is 0 Å². The molecule has 0 saturated heterocycles. The molecule has 0 spiro atoms. The van der Waals surface area contributed by atoms with Crippen molar-refractivity contribution >= 4 is 0 Å². The van der Waals surface area contributed by atoms with Gasteiger partial charge in [-0.2, -0.15) is 0 Å². The standard InChI is InChI=1S/C24H30/c1-7-13-19-20(14-8-2)22(16-10-4)24(18-12-6)23(17-11-5)21(19)15-9-3/h7-12H,1-6,13-18H2. The van der Waals surface area contributed by atoms with Crippen LogP contribution in [0.1, 0.15) is 33.4 Å². The van der Waals surface area contributed by atoms with Gasteiger partial charge in [-0.15, -0.1) is 39.5 Å². The van der Waals surface area contributed by atoms with E-state index in [0.29, 0.717) is 0 Å². The van der Waals surface area contributed by atoms with Gasteiger partial charge in [0.1, 0.15) is 0 Å². The van der Waals surface area contributed by atoms with Crippen molar-refractivity contribution in [3.05, 3.63) is 109 Å². The Balaban J connectivity index is 3.93. The third kappa shape index (κ3) is 4.35. The zero-order valence-electron chi connectivity index (χ0n) is 14.9. The molecule has 24 heavy (non-hydrogen) atoms. The summed E-state index contributed by atoms with van der Waals surface area (Å²) in [5.41, 5.74) is 8.20. The minimum absolute atomic E-state index is 0.856. The highest BCUT2D eigenvalue weighted by atomic mass is 14.2. The molecule has 0 heteroatoms. The Bertz CT molecular complexity index is 473. The Labute approximate surface area is 148 Å². The van der Waals surface area contributed by atoms with E-state index in [1.165, 1.54) is 33.4 Å². The molecular formula is C24H30. The Kier molecular flexibility index (Phi) is 8.57. The number of hydrogen-bond acceptors (Lipinski definition) is 0. The molecule has 1 aromatic rings. The molecule has 126 valence electrons. The molecule has 0 aliphatic heterocycles. The number of benzene rings is 1. The predicted octanol–water partition coefficient (Wildman–Crippen LogP) is 6.06. The summed E-state index contributed by atoms with van der Waals surface area (Å²) in [6.07, 6.45) is 17.0. The van der Waals surface area contributed by atoms with E-state index in [2.05, 4.69) is 39.5 Å². The van der Waals surface area contributed by atoms with E-state index in [0.717, 1.165) is 38.5 Å². The molecule has 0 aliphatic rings. The van der Waals surface area contributed by atoms with Crippen molar-refractivity contribution in [3.63, 3.8) is 0 Å². The van der Waals surface area contributed by atoms with Crippen molar-refractivity contribution < 1.29 is 0 Å². The summed E-state index contributed by atoms with van der Waals surface area (Å²) >= 11 is 0. The monoisotopic (exact) mass is 318 g/mol. The average molecular weight is 319 g/mol. The van der Waals surface area contributed by atoms with Crippen molar-refractivity contribution in [1.29, 1.82) is 0 Å². The third-order valence-electron chi connectivity index (χ3n) is 4.28. The molecule has 1 aromatic carbocycles. The highest BCUT2D eigenvalue weighted by molar-refractivity contribution is 5.55. The highest BCUT2D eigenvalue weighted by Gasteiger charge is 2.20. The average Bonchev–Trinajstić information content (AvgIpc) is 2.57. The van der Waals surface area contributed by atoms with Gasteiger partial charge in [0.25, 0.3) is 0 Å². The lowest BCUT2D eigenvalue weighted by atomic mass is 9.80. The molecule has 0 atom stereocenters. The summed E-state index contributed by atoms with van der Waals surface area (Å²) in [4.78, 5) is 0. The topological polar surface area (TPSA) is 0 Å². The van der Waals surface area contributed by atoms with Crippen LogP contribution in [0.25, 0.3) is 0 Å². The second-order valence-corrected chi connectivity index (χ2v) is 5.83. The Morgan fingerprint density at radius 3 is 0.542 bits per heavy atom. The van der Waals surface area contributed by atoms with Crippen LogP contribution in [0.4, 0.5) is 0 Å². The maximum atomic E-state index is 3.96. The Morgan fingerprint density at radius 2 is 0.458 bits per heavy atom. The first kappa shape index (κ1) is 19.7. The van der Waals surface area contributed by atoms with Crippen LogP contribution in [0.2, 0.25) is 0 Å². The summed E-state index contributed by atoms with van der Waals surface area (Å²) in [5, 5.41) is 0. The first-order valence-corrected chi connectivity index (χ1v) is 8.52. The predicted molar refractivity (Wildman–Crippen MR) is 110 cm³/mol. The molecule has 0 heterocycles. The first-order valence-electron chi connectivity index (χ1n) is 8.52. The smallest absolute Gasteiger partial charge is 0.00942 e. The van der Waals surface area contributed by atoms with Gasteiger partial charge in [-0.1, -0.05) is 36.5 Å². The lowest BCUT2D eigenvalue weighted by Gasteiger charge is -2.25. The molecule has 0 bridgehead atoms. The van der Waals surface area contributed by atoms with Crippen molar-refractivity contribution in [3.8, 4) is 0 Å². The maximum Gasteiger partial charge on any atom is -0.00942 e. The molecular weight excluding hydrogens is 288 g/mol. The van der Waals surface area contributed by atoms with Crippen molar-refractivity contribution in [2.24, 2.45) is 0 Å². The van der Waals surface area contributed by atoms with E-state index in [1.807, 2.05) is 36.5 Å². The fourth-order valence-corrected chi connectivity index (χ4v) is 3.44. The van der Waals surface area contributed by atoms with E-state index in [9.17, 15) is 0 Å². The van der Waals surface area contributed by atoms with Gasteiger partial charge in [-0.25, -0.2) is 0 Å². The number of allylic oxidation sites excluding steroid dienone is 6. The second kappa shape index (κ2) is 10.4. The SMILES string of the molecule is C=CCc1c(CC=C)c(CC=C)c(CC=C)c(CC=C)c1CC=C. The molecule has 0 aromatic heterocycles. The molecule has 0 nitrogen and oxygen atoms in total. The summed E-state index contributed by atoms with van der Waals surface area (Å²) in [6, 6.07) is 0. The van der Waals surface area contributed by atoms with E-state index >= 15 is 0 Å². The number of rotatable bonds is 12. The van der Waals surface area contributed by atoms with E-state index in [1.54, 1.807) is 0 Å². The molecule has 0 N–H and O–H groups in total. The van der Waals surface area contributed by atoms with Gasteiger partial charge < -0.3 is 0 Å². The molecule has 0 fully saturated rings. The van der Waals surface area contributed by atoms with Crippen LogP contribution in [-0.2, 0) is 38.5 Å². The van der Waals surface area contributed by atoms with E-state index < -0.39 is 0 Å². The summed E-state index contributed by atoms with van der Waals surface area (Å²) in [5.74, 6) is 0. The third-order valence-corrected chi connectivity index (χ3v) is 4.28. The molecule has 0 radical (unpaired) electrons. The maximum absolute atomic E-state index is 3.96. The largest absolute Gasteiger partial charge is 0.103 e. The summed E-state index contributed by atoms with van der Waals surface area (Å²) < 4.78 is 0. The molecule has 0 unspecified atom stereocenters. The van der Waals surface area contributed by atoms with Crippen LogP contribution in [-0.4, -0.2) is 0 Å². The van der Waals surface area contributed by atoms with Crippen LogP contribution in [0, 0.1) is 0 Å².